The predicted molar refractivity (Wildman–Crippen MR) is 51.4 cm³/mol. The van der Waals surface area contributed by atoms with Crippen LogP contribution in [-0.2, 0) is 9.53 Å². The molecule has 6 rings (SSSR count). The van der Waals surface area contributed by atoms with Crippen molar-refractivity contribution in [1.82, 2.24) is 0 Å². The molecule has 0 aromatic heterocycles. The van der Waals surface area contributed by atoms with E-state index < -0.39 is 0 Å². The highest BCUT2D eigenvalue weighted by molar-refractivity contribution is 5.75. The maximum absolute atomic E-state index is 11.8. The summed E-state index contributed by atoms with van der Waals surface area (Å²) in [4.78, 5) is 11.8. The highest BCUT2D eigenvalue weighted by atomic mass is 16.5. The molecule has 0 aromatic rings. The molecule has 0 amide bonds. The fraction of sp³-hybridized carbons (Fsp3) is 0.917. The first-order valence-corrected chi connectivity index (χ1v) is 6.11. The van der Waals surface area contributed by atoms with Crippen LogP contribution in [0.5, 0.6) is 0 Å². The average molecular weight is 205 g/mol. The van der Waals surface area contributed by atoms with Crippen LogP contribution in [0.1, 0.15) is 0 Å². The smallest absolute Gasteiger partial charge is 0.310 e. The second-order valence-electron chi connectivity index (χ2n) is 6.25. The largest absolute Gasteiger partial charge is 0.469 e. The highest BCUT2D eigenvalue weighted by Gasteiger charge is 2.91. The molecule has 3 nitrogen and oxygen atoms in total. The lowest BCUT2D eigenvalue weighted by Crippen LogP contribution is -2.55. The molecule has 0 spiro atoms. The average Bonchev–Trinajstić information content (AvgIpc) is 3.07. The lowest BCUT2D eigenvalue weighted by molar-refractivity contribution is -0.153. The molecule has 0 radical (unpaired) electrons. The summed E-state index contributed by atoms with van der Waals surface area (Å²) in [5, 5.41) is 0. The molecule has 6 aliphatic rings. The molecule has 15 heavy (non-hydrogen) atoms. The molecule has 6 fully saturated rings. The monoisotopic (exact) mass is 205 g/mol. The fourth-order valence-electron chi connectivity index (χ4n) is 6.30. The van der Waals surface area contributed by atoms with E-state index in [-0.39, 0.29) is 17.9 Å². The Labute approximate surface area is 88.3 Å². The molecular weight excluding hydrogens is 190 g/mol. The first-order valence-electron chi connectivity index (χ1n) is 6.11. The van der Waals surface area contributed by atoms with Gasteiger partial charge >= 0.3 is 5.97 Å². The Morgan fingerprint density at radius 3 is 1.93 bits per heavy atom. The summed E-state index contributed by atoms with van der Waals surface area (Å²) >= 11 is 0. The van der Waals surface area contributed by atoms with Gasteiger partial charge in [0.05, 0.1) is 13.0 Å². The Balaban J connectivity index is 1.63. The van der Waals surface area contributed by atoms with Crippen LogP contribution in [0.4, 0.5) is 0 Å². The van der Waals surface area contributed by atoms with Crippen molar-refractivity contribution in [2.24, 2.45) is 59.0 Å². The minimum absolute atomic E-state index is 0.0346. The summed E-state index contributed by atoms with van der Waals surface area (Å²) in [7, 11) is 1.50. The second-order valence-corrected chi connectivity index (χ2v) is 6.25. The van der Waals surface area contributed by atoms with E-state index in [4.69, 9.17) is 10.5 Å². The van der Waals surface area contributed by atoms with Crippen LogP contribution in [0.2, 0.25) is 0 Å². The molecule has 0 saturated heterocycles. The van der Waals surface area contributed by atoms with Gasteiger partial charge in [0.1, 0.15) is 0 Å². The summed E-state index contributed by atoms with van der Waals surface area (Å²) in [6.07, 6.45) is 0. The Kier molecular flexibility index (Phi) is 0.948. The molecule has 2 N–H and O–H groups in total. The highest BCUT2D eigenvalue weighted by Crippen LogP contribution is 2.92. The van der Waals surface area contributed by atoms with Crippen LogP contribution in [0, 0.1) is 53.3 Å². The number of hydrogen-bond donors (Lipinski definition) is 1. The number of carbonyl (C=O) groups excluding carboxylic acids is 1. The van der Waals surface area contributed by atoms with E-state index in [0.717, 1.165) is 35.5 Å². The maximum Gasteiger partial charge on any atom is 0.310 e. The van der Waals surface area contributed by atoms with Gasteiger partial charge in [-0.3, -0.25) is 4.79 Å². The van der Waals surface area contributed by atoms with E-state index in [9.17, 15) is 4.79 Å². The van der Waals surface area contributed by atoms with Crippen LogP contribution >= 0.6 is 0 Å². The van der Waals surface area contributed by atoms with Crippen molar-refractivity contribution in [3.8, 4) is 0 Å². The number of ether oxygens (including phenoxy) is 1. The Hall–Kier alpha value is -0.570. The fourth-order valence-corrected chi connectivity index (χ4v) is 6.30. The van der Waals surface area contributed by atoms with E-state index in [0.29, 0.717) is 11.8 Å². The van der Waals surface area contributed by atoms with E-state index >= 15 is 0 Å². The molecule has 2 bridgehead atoms. The molecule has 8 atom stereocenters. The number of methoxy groups -OCH3 is 1. The molecule has 6 aliphatic carbocycles. The van der Waals surface area contributed by atoms with Crippen molar-refractivity contribution in [2.45, 2.75) is 6.04 Å². The molecule has 80 valence electrons. The number of carbonyl (C=O) groups is 1. The summed E-state index contributed by atoms with van der Waals surface area (Å²) < 4.78 is 4.94. The normalized spacial score (nSPS) is 74.3. The van der Waals surface area contributed by atoms with Crippen molar-refractivity contribution in [3.63, 3.8) is 0 Å². The van der Waals surface area contributed by atoms with Crippen molar-refractivity contribution in [2.75, 3.05) is 7.11 Å². The molecule has 0 aliphatic heterocycles. The number of rotatable bonds is 1. The number of fused-ring (bicyclic) bond motifs is 1. The zero-order valence-electron chi connectivity index (χ0n) is 8.67. The summed E-state index contributed by atoms with van der Waals surface area (Å²) in [5.41, 5.74) is 6.29. The zero-order valence-corrected chi connectivity index (χ0v) is 8.67. The van der Waals surface area contributed by atoms with Crippen molar-refractivity contribution in [1.29, 1.82) is 0 Å². The lowest BCUT2D eigenvalue weighted by Gasteiger charge is -2.44. The molecule has 0 aromatic carbocycles. The van der Waals surface area contributed by atoms with Crippen molar-refractivity contribution in [3.05, 3.63) is 0 Å². The number of nitrogens with two attached hydrogens (primary N) is 1. The van der Waals surface area contributed by atoms with Gasteiger partial charge < -0.3 is 10.5 Å². The van der Waals surface area contributed by atoms with Gasteiger partial charge in [0.15, 0.2) is 0 Å². The number of hydrogen-bond acceptors (Lipinski definition) is 3. The van der Waals surface area contributed by atoms with E-state index in [1.807, 2.05) is 0 Å². The minimum atomic E-state index is -0.0346. The first-order chi connectivity index (χ1) is 7.27. The van der Waals surface area contributed by atoms with Gasteiger partial charge in [0.25, 0.3) is 0 Å². The van der Waals surface area contributed by atoms with Gasteiger partial charge in [-0.2, -0.15) is 0 Å². The lowest BCUT2D eigenvalue weighted by atomic mass is 9.62. The van der Waals surface area contributed by atoms with E-state index in [1.165, 1.54) is 7.11 Å². The molecule has 3 heteroatoms. The third-order valence-corrected chi connectivity index (χ3v) is 6.35. The van der Waals surface area contributed by atoms with Crippen LogP contribution in [0.3, 0.4) is 0 Å². The predicted octanol–water partition coefficient (Wildman–Crippen LogP) is 0.100. The van der Waals surface area contributed by atoms with Crippen LogP contribution < -0.4 is 5.73 Å². The van der Waals surface area contributed by atoms with Crippen LogP contribution in [0.25, 0.3) is 0 Å². The van der Waals surface area contributed by atoms with Crippen molar-refractivity contribution >= 4 is 5.97 Å². The number of esters is 1. The third-order valence-electron chi connectivity index (χ3n) is 6.35. The van der Waals surface area contributed by atoms with Crippen LogP contribution in [0.15, 0.2) is 0 Å². The second kappa shape index (κ2) is 1.86. The third kappa shape index (κ3) is 0.532. The van der Waals surface area contributed by atoms with Crippen molar-refractivity contribution < 1.29 is 9.53 Å². The molecular formula is C12H15NO2. The van der Waals surface area contributed by atoms with Gasteiger partial charge in [-0.15, -0.1) is 0 Å². The quantitative estimate of drug-likeness (QED) is 0.618. The molecule has 0 heterocycles. The van der Waals surface area contributed by atoms with Gasteiger partial charge in [0, 0.05) is 6.04 Å². The standard InChI is InChI=1S/C12H15NO2/c1-15-12(14)10-8-4-2-3-5(8)7(3)9(6(2)4)11(10)13/h2-11H,13H2,1H3/t2?,3?,4?,5?,6?,7?,8?,9?,10-,11+/m0/s1. The summed E-state index contributed by atoms with van der Waals surface area (Å²) in [5.74, 6) is 6.86. The van der Waals surface area contributed by atoms with Crippen LogP contribution in [-0.4, -0.2) is 19.1 Å². The Morgan fingerprint density at radius 2 is 1.40 bits per heavy atom. The summed E-state index contributed by atoms with van der Waals surface area (Å²) in [6, 6.07) is 0.113. The SMILES string of the molecule is COC(=O)[C@H]1C2C3C4C5C(C52)C(C43)[C@H]1N. The van der Waals surface area contributed by atoms with Gasteiger partial charge in [-0.05, 0) is 47.3 Å². The van der Waals surface area contributed by atoms with Gasteiger partial charge in [-0.25, -0.2) is 0 Å². The van der Waals surface area contributed by atoms with Gasteiger partial charge in [0.2, 0.25) is 0 Å². The zero-order chi connectivity index (χ0) is 10.1. The van der Waals surface area contributed by atoms with Gasteiger partial charge in [-0.1, -0.05) is 0 Å². The molecule has 6 unspecified atom stereocenters. The first kappa shape index (κ1) is 7.66. The van der Waals surface area contributed by atoms with E-state index in [1.54, 1.807) is 0 Å². The maximum atomic E-state index is 11.8. The topological polar surface area (TPSA) is 52.3 Å². The Bertz CT molecular complexity index is 373. The van der Waals surface area contributed by atoms with E-state index in [2.05, 4.69) is 0 Å². The summed E-state index contributed by atoms with van der Waals surface area (Å²) in [6.45, 7) is 0. The molecule has 6 saturated carbocycles. The Morgan fingerprint density at radius 1 is 0.933 bits per heavy atom. The minimum Gasteiger partial charge on any atom is -0.469 e.